The van der Waals surface area contributed by atoms with E-state index in [2.05, 4.69) is 10.1 Å². The molecule has 0 aliphatic carbocycles. The number of carboxylic acids is 1. The molecule has 1 aromatic heterocycles. The Morgan fingerprint density at radius 1 is 1.16 bits per heavy atom. The molecule has 0 unspecified atom stereocenters. The van der Waals surface area contributed by atoms with Crippen LogP contribution in [0.4, 0.5) is 4.39 Å². The van der Waals surface area contributed by atoms with Crippen molar-refractivity contribution in [2.75, 3.05) is 0 Å². The molecule has 0 aliphatic rings. The molecule has 0 saturated heterocycles. The standard InChI is InChI=1S/C13H7FN2O3/c14-10-6-5-9(7-3-1-2-4-8(7)10)12-15-11(13(17)18)16-19-12/h1-6H,(H,17,18). The Balaban J connectivity index is 2.24. The molecule has 1 N–H and O–H groups in total. The highest BCUT2D eigenvalue weighted by atomic mass is 19.1. The van der Waals surface area contributed by atoms with E-state index in [1.807, 2.05) is 0 Å². The van der Waals surface area contributed by atoms with Crippen LogP contribution in [0, 0.1) is 5.82 Å². The lowest BCUT2D eigenvalue weighted by Gasteiger charge is -2.03. The van der Waals surface area contributed by atoms with Gasteiger partial charge in [-0.15, -0.1) is 0 Å². The van der Waals surface area contributed by atoms with Crippen LogP contribution in [0.15, 0.2) is 40.9 Å². The summed E-state index contributed by atoms with van der Waals surface area (Å²) in [4.78, 5) is 14.5. The van der Waals surface area contributed by atoms with Crippen molar-refractivity contribution >= 4 is 16.7 Å². The summed E-state index contributed by atoms with van der Waals surface area (Å²) in [6.45, 7) is 0. The Morgan fingerprint density at radius 2 is 1.89 bits per heavy atom. The number of fused-ring (bicyclic) bond motifs is 1. The number of halogens is 1. The van der Waals surface area contributed by atoms with E-state index in [0.717, 1.165) is 0 Å². The van der Waals surface area contributed by atoms with Crippen LogP contribution >= 0.6 is 0 Å². The van der Waals surface area contributed by atoms with Crippen molar-refractivity contribution < 1.29 is 18.8 Å². The third-order valence-electron chi connectivity index (χ3n) is 2.72. The fourth-order valence-corrected chi connectivity index (χ4v) is 1.87. The van der Waals surface area contributed by atoms with E-state index in [4.69, 9.17) is 9.63 Å². The summed E-state index contributed by atoms with van der Waals surface area (Å²) in [6, 6.07) is 9.56. The number of carbonyl (C=O) groups is 1. The van der Waals surface area contributed by atoms with Gasteiger partial charge in [-0.1, -0.05) is 24.3 Å². The second kappa shape index (κ2) is 4.16. The highest BCUT2D eigenvalue weighted by Crippen LogP contribution is 2.29. The van der Waals surface area contributed by atoms with E-state index >= 15 is 0 Å². The normalized spacial score (nSPS) is 10.8. The van der Waals surface area contributed by atoms with E-state index < -0.39 is 11.8 Å². The molecule has 19 heavy (non-hydrogen) atoms. The van der Waals surface area contributed by atoms with Crippen molar-refractivity contribution in [3.8, 4) is 11.5 Å². The fourth-order valence-electron chi connectivity index (χ4n) is 1.87. The van der Waals surface area contributed by atoms with Crippen LogP contribution < -0.4 is 0 Å². The van der Waals surface area contributed by atoms with E-state index in [9.17, 15) is 9.18 Å². The van der Waals surface area contributed by atoms with Crippen LogP contribution in [0.25, 0.3) is 22.2 Å². The first-order chi connectivity index (χ1) is 9.16. The molecule has 0 radical (unpaired) electrons. The molecule has 0 fully saturated rings. The summed E-state index contributed by atoms with van der Waals surface area (Å²) in [7, 11) is 0. The zero-order valence-corrected chi connectivity index (χ0v) is 9.50. The zero-order chi connectivity index (χ0) is 13.4. The monoisotopic (exact) mass is 258 g/mol. The summed E-state index contributed by atoms with van der Waals surface area (Å²) in [6.07, 6.45) is 0. The number of benzene rings is 2. The van der Waals surface area contributed by atoms with Gasteiger partial charge < -0.3 is 9.63 Å². The Bertz CT molecular complexity index is 782. The lowest BCUT2D eigenvalue weighted by molar-refractivity contribution is 0.0680. The molecule has 0 atom stereocenters. The smallest absolute Gasteiger partial charge is 0.377 e. The number of hydrogen-bond donors (Lipinski definition) is 1. The molecule has 3 aromatic rings. The van der Waals surface area contributed by atoms with Gasteiger partial charge in [0.05, 0.1) is 0 Å². The predicted octanol–water partition coefficient (Wildman–Crippen LogP) is 2.73. The van der Waals surface area contributed by atoms with Gasteiger partial charge in [-0.2, -0.15) is 4.98 Å². The second-order valence-corrected chi connectivity index (χ2v) is 3.87. The van der Waals surface area contributed by atoms with E-state index in [0.29, 0.717) is 16.3 Å². The summed E-state index contributed by atoms with van der Waals surface area (Å²) in [5.41, 5.74) is 0.497. The van der Waals surface area contributed by atoms with Crippen molar-refractivity contribution in [2.24, 2.45) is 0 Å². The molecule has 94 valence electrons. The van der Waals surface area contributed by atoms with Gasteiger partial charge in [-0.3, -0.25) is 0 Å². The van der Waals surface area contributed by atoms with Crippen molar-refractivity contribution in [3.05, 3.63) is 48.0 Å². The minimum atomic E-state index is -1.28. The predicted molar refractivity (Wildman–Crippen MR) is 64.2 cm³/mol. The number of aromatic carboxylic acids is 1. The van der Waals surface area contributed by atoms with Crippen molar-refractivity contribution in [1.82, 2.24) is 10.1 Å². The third-order valence-corrected chi connectivity index (χ3v) is 2.72. The Hall–Kier alpha value is -2.76. The van der Waals surface area contributed by atoms with Crippen LogP contribution in [0.2, 0.25) is 0 Å². The minimum absolute atomic E-state index is 0.0496. The molecule has 3 rings (SSSR count). The van der Waals surface area contributed by atoms with Gasteiger partial charge in [0.25, 0.3) is 11.7 Å². The lowest BCUT2D eigenvalue weighted by Crippen LogP contribution is -1.98. The fraction of sp³-hybridized carbons (Fsp3) is 0. The number of hydrogen-bond acceptors (Lipinski definition) is 4. The summed E-state index contributed by atoms with van der Waals surface area (Å²) < 4.78 is 18.6. The average molecular weight is 258 g/mol. The molecule has 2 aromatic carbocycles. The van der Waals surface area contributed by atoms with Crippen LogP contribution in [0.5, 0.6) is 0 Å². The maximum absolute atomic E-state index is 13.7. The van der Waals surface area contributed by atoms with E-state index in [1.54, 1.807) is 24.3 Å². The van der Waals surface area contributed by atoms with Crippen molar-refractivity contribution in [3.63, 3.8) is 0 Å². The molecule has 0 saturated carbocycles. The maximum Gasteiger partial charge on any atom is 0.377 e. The van der Waals surface area contributed by atoms with Crippen LogP contribution in [0.1, 0.15) is 10.6 Å². The molecule has 0 spiro atoms. The number of rotatable bonds is 2. The van der Waals surface area contributed by atoms with Gasteiger partial charge in [-0.05, 0) is 22.7 Å². The second-order valence-electron chi connectivity index (χ2n) is 3.87. The highest BCUT2D eigenvalue weighted by Gasteiger charge is 2.16. The third kappa shape index (κ3) is 1.83. The van der Waals surface area contributed by atoms with Crippen molar-refractivity contribution in [2.45, 2.75) is 0 Å². The molecular formula is C13H7FN2O3. The Morgan fingerprint density at radius 3 is 2.58 bits per heavy atom. The van der Waals surface area contributed by atoms with E-state index in [-0.39, 0.29) is 11.7 Å². The van der Waals surface area contributed by atoms with Crippen LogP contribution in [-0.2, 0) is 0 Å². The molecule has 5 nitrogen and oxygen atoms in total. The van der Waals surface area contributed by atoms with Gasteiger partial charge in [-0.25, -0.2) is 9.18 Å². The summed E-state index contributed by atoms with van der Waals surface area (Å²) in [5, 5.41) is 13.1. The Labute approximate surface area is 106 Å². The molecule has 6 heteroatoms. The number of aromatic nitrogens is 2. The molecule has 0 amide bonds. The average Bonchev–Trinajstić information content (AvgIpc) is 2.89. The zero-order valence-electron chi connectivity index (χ0n) is 9.50. The van der Waals surface area contributed by atoms with Gasteiger partial charge in [0.15, 0.2) is 0 Å². The first kappa shape index (κ1) is 11.3. The van der Waals surface area contributed by atoms with Crippen molar-refractivity contribution in [1.29, 1.82) is 0 Å². The summed E-state index contributed by atoms with van der Waals surface area (Å²) >= 11 is 0. The number of nitrogens with zero attached hydrogens (tertiary/aromatic N) is 2. The minimum Gasteiger partial charge on any atom is -0.475 e. The van der Waals surface area contributed by atoms with Crippen LogP contribution in [-0.4, -0.2) is 21.2 Å². The van der Waals surface area contributed by atoms with Gasteiger partial charge >= 0.3 is 5.97 Å². The first-order valence-corrected chi connectivity index (χ1v) is 5.41. The van der Waals surface area contributed by atoms with Gasteiger partial charge in [0.2, 0.25) is 0 Å². The van der Waals surface area contributed by atoms with Crippen LogP contribution in [0.3, 0.4) is 0 Å². The lowest BCUT2D eigenvalue weighted by atomic mass is 10.0. The SMILES string of the molecule is O=C(O)c1noc(-c2ccc(F)c3ccccc23)n1. The van der Waals surface area contributed by atoms with Gasteiger partial charge in [0, 0.05) is 10.9 Å². The molecule has 0 aliphatic heterocycles. The molecular weight excluding hydrogens is 251 g/mol. The molecule has 0 bridgehead atoms. The quantitative estimate of drug-likeness (QED) is 0.764. The Kier molecular flexibility index (Phi) is 2.49. The number of carboxylic acid groups (broad SMARTS) is 1. The van der Waals surface area contributed by atoms with Gasteiger partial charge in [0.1, 0.15) is 5.82 Å². The topological polar surface area (TPSA) is 76.2 Å². The highest BCUT2D eigenvalue weighted by molar-refractivity contribution is 5.95. The summed E-state index contributed by atoms with van der Waals surface area (Å²) in [5.74, 6) is -2.02. The first-order valence-electron chi connectivity index (χ1n) is 5.41. The van der Waals surface area contributed by atoms with E-state index in [1.165, 1.54) is 12.1 Å². The molecule has 1 heterocycles. The maximum atomic E-state index is 13.7. The largest absolute Gasteiger partial charge is 0.475 e.